The largest absolute Gasteiger partial charge is 0.459 e. The van der Waals surface area contributed by atoms with Crippen molar-refractivity contribution in [3.8, 4) is 0 Å². The van der Waals surface area contributed by atoms with E-state index in [4.69, 9.17) is 4.74 Å². The highest BCUT2D eigenvalue weighted by atomic mass is 16.5. The number of carbonyl (C=O) groups is 1. The third-order valence-electron chi connectivity index (χ3n) is 4.25. The molecule has 0 fully saturated rings. The summed E-state index contributed by atoms with van der Waals surface area (Å²) in [5, 5.41) is 0. The Bertz CT molecular complexity index is 284. The van der Waals surface area contributed by atoms with Gasteiger partial charge >= 0.3 is 5.97 Å². The van der Waals surface area contributed by atoms with E-state index in [0.29, 0.717) is 0 Å². The third kappa shape index (κ3) is 15.9. The Labute approximate surface area is 145 Å². The second kappa shape index (κ2) is 17.6. The third-order valence-corrected chi connectivity index (χ3v) is 4.25. The van der Waals surface area contributed by atoms with Crippen molar-refractivity contribution in [1.82, 2.24) is 0 Å². The molecule has 0 aliphatic carbocycles. The molecule has 0 aromatic carbocycles. The Balaban J connectivity index is 3.77. The van der Waals surface area contributed by atoms with Gasteiger partial charge in [0.1, 0.15) is 6.10 Å². The maximum Gasteiger partial charge on any atom is 0.330 e. The van der Waals surface area contributed by atoms with E-state index in [0.717, 1.165) is 25.7 Å². The molecule has 0 bridgehead atoms. The van der Waals surface area contributed by atoms with Gasteiger partial charge in [0, 0.05) is 6.08 Å². The Morgan fingerprint density at radius 1 is 0.783 bits per heavy atom. The first-order chi connectivity index (χ1) is 11.2. The van der Waals surface area contributed by atoms with E-state index in [1.165, 1.54) is 64.2 Å². The lowest BCUT2D eigenvalue weighted by atomic mass is 10.1. The van der Waals surface area contributed by atoms with Gasteiger partial charge in [-0.25, -0.2) is 4.79 Å². The first-order valence-electron chi connectivity index (χ1n) is 10.1. The van der Waals surface area contributed by atoms with Crippen molar-refractivity contribution in [1.29, 1.82) is 0 Å². The molecule has 1 atom stereocenters. The number of hydrogen-bond donors (Lipinski definition) is 0. The molecule has 0 amide bonds. The van der Waals surface area contributed by atoms with Gasteiger partial charge < -0.3 is 4.74 Å². The number of esters is 1. The summed E-state index contributed by atoms with van der Waals surface area (Å²) in [5.41, 5.74) is 0. The zero-order chi connectivity index (χ0) is 17.2. The fraction of sp³-hybridized carbons (Fsp3) is 0.857. The number of rotatable bonds is 16. The quantitative estimate of drug-likeness (QED) is 0.174. The van der Waals surface area contributed by atoms with Gasteiger partial charge in [-0.15, -0.1) is 0 Å². The van der Waals surface area contributed by atoms with E-state index in [2.05, 4.69) is 20.8 Å². The minimum atomic E-state index is -0.148. The average molecular weight is 325 g/mol. The lowest BCUT2D eigenvalue weighted by Gasteiger charge is -2.16. The van der Waals surface area contributed by atoms with Gasteiger partial charge in [0.15, 0.2) is 0 Å². The minimum absolute atomic E-state index is 0.114. The zero-order valence-electron chi connectivity index (χ0n) is 15.9. The molecule has 0 spiro atoms. The fourth-order valence-corrected chi connectivity index (χ4v) is 2.81. The Morgan fingerprint density at radius 2 is 1.39 bits per heavy atom. The summed E-state index contributed by atoms with van der Waals surface area (Å²) in [6.45, 7) is 6.61. The summed E-state index contributed by atoms with van der Waals surface area (Å²) in [6.07, 6.45) is 20.5. The van der Waals surface area contributed by atoms with Crippen molar-refractivity contribution < 1.29 is 9.53 Å². The lowest BCUT2D eigenvalue weighted by Crippen LogP contribution is -2.16. The van der Waals surface area contributed by atoms with Gasteiger partial charge in [0.2, 0.25) is 0 Å². The molecule has 0 heterocycles. The van der Waals surface area contributed by atoms with Crippen molar-refractivity contribution >= 4 is 5.97 Å². The molecule has 0 aromatic rings. The molecule has 23 heavy (non-hydrogen) atoms. The first-order valence-corrected chi connectivity index (χ1v) is 10.1. The number of ether oxygens (including phenoxy) is 1. The number of allylic oxidation sites excluding steroid dienone is 1. The van der Waals surface area contributed by atoms with E-state index < -0.39 is 0 Å². The fourth-order valence-electron chi connectivity index (χ4n) is 2.81. The normalized spacial score (nSPS) is 12.7. The van der Waals surface area contributed by atoms with Crippen LogP contribution in [0, 0.1) is 0 Å². The minimum Gasteiger partial charge on any atom is -0.459 e. The van der Waals surface area contributed by atoms with Crippen LogP contribution in [0.25, 0.3) is 0 Å². The van der Waals surface area contributed by atoms with Crippen LogP contribution in [-0.2, 0) is 9.53 Å². The second-order valence-corrected chi connectivity index (χ2v) is 6.66. The molecule has 0 aliphatic heterocycles. The molecule has 0 aliphatic rings. The van der Waals surface area contributed by atoms with Crippen LogP contribution in [-0.4, -0.2) is 12.1 Å². The van der Waals surface area contributed by atoms with Crippen molar-refractivity contribution in [3.05, 3.63) is 12.2 Å². The van der Waals surface area contributed by atoms with Gasteiger partial charge in [0.05, 0.1) is 0 Å². The molecular formula is C21H40O2. The molecule has 1 unspecified atom stereocenters. The van der Waals surface area contributed by atoms with Crippen molar-refractivity contribution in [2.45, 2.75) is 117 Å². The van der Waals surface area contributed by atoms with Gasteiger partial charge in [-0.05, 0) is 32.1 Å². The van der Waals surface area contributed by atoms with E-state index in [1.807, 2.05) is 6.08 Å². The maximum atomic E-state index is 11.9. The molecule has 0 saturated carbocycles. The van der Waals surface area contributed by atoms with E-state index in [1.54, 1.807) is 6.08 Å². The van der Waals surface area contributed by atoms with Crippen LogP contribution >= 0.6 is 0 Å². The molecule has 136 valence electrons. The van der Waals surface area contributed by atoms with E-state index in [-0.39, 0.29) is 12.1 Å². The van der Waals surface area contributed by atoms with E-state index >= 15 is 0 Å². The summed E-state index contributed by atoms with van der Waals surface area (Å²) < 4.78 is 5.61. The van der Waals surface area contributed by atoms with Crippen LogP contribution in [0.2, 0.25) is 0 Å². The molecule has 2 heteroatoms. The Morgan fingerprint density at radius 3 is 2.04 bits per heavy atom. The molecule has 0 rings (SSSR count). The standard InChI is InChI=1S/C21H40O2/c1-4-7-9-11-12-13-14-16-19-21(22)23-20(17-6-3)18-15-10-8-5-2/h16,19-20H,4-15,17-18H2,1-3H3. The first kappa shape index (κ1) is 22.2. The SMILES string of the molecule is CCCCCCCCC=CC(=O)OC(CCC)CCCCCC. The molecule has 0 N–H and O–H groups in total. The molecule has 0 aromatic heterocycles. The average Bonchev–Trinajstić information content (AvgIpc) is 2.54. The summed E-state index contributed by atoms with van der Waals surface area (Å²) in [5.74, 6) is -0.148. The maximum absolute atomic E-state index is 11.9. The van der Waals surface area contributed by atoms with Crippen LogP contribution < -0.4 is 0 Å². The zero-order valence-corrected chi connectivity index (χ0v) is 15.9. The van der Waals surface area contributed by atoms with Crippen molar-refractivity contribution in [2.24, 2.45) is 0 Å². The molecule has 2 nitrogen and oxygen atoms in total. The van der Waals surface area contributed by atoms with Gasteiger partial charge in [0.25, 0.3) is 0 Å². The summed E-state index contributed by atoms with van der Waals surface area (Å²) in [6, 6.07) is 0. The number of hydrogen-bond acceptors (Lipinski definition) is 2. The van der Waals surface area contributed by atoms with Gasteiger partial charge in [-0.1, -0.05) is 84.6 Å². The Kier molecular flexibility index (Phi) is 17.0. The van der Waals surface area contributed by atoms with Gasteiger partial charge in [-0.2, -0.15) is 0 Å². The number of unbranched alkanes of at least 4 members (excludes halogenated alkanes) is 9. The van der Waals surface area contributed by atoms with Crippen LogP contribution in [0.15, 0.2) is 12.2 Å². The predicted octanol–water partition coefficient (Wildman–Crippen LogP) is 6.98. The van der Waals surface area contributed by atoms with Crippen LogP contribution in [0.4, 0.5) is 0 Å². The monoisotopic (exact) mass is 324 g/mol. The number of carbonyl (C=O) groups excluding carboxylic acids is 1. The molecule has 0 radical (unpaired) electrons. The van der Waals surface area contributed by atoms with Gasteiger partial charge in [-0.3, -0.25) is 0 Å². The second-order valence-electron chi connectivity index (χ2n) is 6.66. The predicted molar refractivity (Wildman–Crippen MR) is 101 cm³/mol. The summed E-state index contributed by atoms with van der Waals surface area (Å²) in [7, 11) is 0. The topological polar surface area (TPSA) is 26.3 Å². The summed E-state index contributed by atoms with van der Waals surface area (Å²) in [4.78, 5) is 11.9. The van der Waals surface area contributed by atoms with Crippen molar-refractivity contribution in [2.75, 3.05) is 0 Å². The molecular weight excluding hydrogens is 284 g/mol. The van der Waals surface area contributed by atoms with Crippen molar-refractivity contribution in [3.63, 3.8) is 0 Å². The Hall–Kier alpha value is -0.790. The lowest BCUT2D eigenvalue weighted by molar-refractivity contribution is -0.143. The van der Waals surface area contributed by atoms with Crippen LogP contribution in [0.3, 0.4) is 0 Å². The van der Waals surface area contributed by atoms with E-state index in [9.17, 15) is 4.79 Å². The highest BCUT2D eigenvalue weighted by molar-refractivity contribution is 5.82. The smallest absolute Gasteiger partial charge is 0.330 e. The summed E-state index contributed by atoms with van der Waals surface area (Å²) >= 11 is 0. The highest BCUT2D eigenvalue weighted by Gasteiger charge is 2.11. The molecule has 0 saturated heterocycles. The van der Waals surface area contributed by atoms with Crippen LogP contribution in [0.1, 0.15) is 111 Å². The highest BCUT2D eigenvalue weighted by Crippen LogP contribution is 2.13. The van der Waals surface area contributed by atoms with Crippen LogP contribution in [0.5, 0.6) is 0 Å².